The zero-order chi connectivity index (χ0) is 24.5. The van der Waals surface area contributed by atoms with Gasteiger partial charge in [-0.1, -0.05) is 11.6 Å². The number of carbonyl (C=O) groups is 2. The summed E-state index contributed by atoms with van der Waals surface area (Å²) >= 11 is 5.64. The van der Waals surface area contributed by atoms with Crippen molar-refractivity contribution in [2.45, 2.75) is 68.6 Å². The van der Waals surface area contributed by atoms with Crippen molar-refractivity contribution in [2.75, 3.05) is 13.2 Å². The highest BCUT2D eigenvalue weighted by Gasteiger charge is 2.55. The van der Waals surface area contributed by atoms with E-state index in [-0.39, 0.29) is 54.8 Å². The number of hydrogen-bond acceptors (Lipinski definition) is 5. The smallest absolute Gasteiger partial charge is 0.265 e. The zero-order valence-corrected chi connectivity index (χ0v) is 19.2. The number of carbonyl (C=O) groups excluding carboxylic acids is 2. The molecule has 0 saturated heterocycles. The van der Waals surface area contributed by atoms with Gasteiger partial charge < -0.3 is 20.5 Å². The Morgan fingerprint density at radius 1 is 1.24 bits per heavy atom. The van der Waals surface area contributed by atoms with Crippen molar-refractivity contribution < 1.29 is 32.6 Å². The summed E-state index contributed by atoms with van der Waals surface area (Å²) in [6, 6.07) is 3.87. The molecule has 5 rings (SSSR count). The normalized spacial score (nSPS) is 30.6. The largest absolute Gasteiger partial charge is 0.484 e. The highest BCUT2D eigenvalue weighted by atomic mass is 35.5. The molecule has 2 bridgehead atoms. The van der Waals surface area contributed by atoms with Gasteiger partial charge in [-0.25, -0.2) is 13.2 Å². The van der Waals surface area contributed by atoms with Gasteiger partial charge in [0.15, 0.2) is 6.61 Å². The molecule has 1 aromatic carbocycles. The number of aliphatic hydroxyl groups is 1. The number of amides is 2. The fraction of sp³-hybridized carbons (Fsp3) is 0.609. The van der Waals surface area contributed by atoms with Gasteiger partial charge in [0, 0.05) is 24.1 Å². The monoisotopic (exact) mass is 501 g/mol. The first kappa shape index (κ1) is 24.8. The summed E-state index contributed by atoms with van der Waals surface area (Å²) in [7, 11) is 0. The van der Waals surface area contributed by atoms with Crippen LogP contribution in [0.2, 0.25) is 5.02 Å². The van der Waals surface area contributed by atoms with Crippen molar-refractivity contribution in [3.63, 3.8) is 0 Å². The van der Waals surface area contributed by atoms with Crippen LogP contribution in [-0.2, 0) is 9.59 Å². The number of ether oxygens (including phenoxy) is 1. The predicted molar refractivity (Wildman–Crippen MR) is 119 cm³/mol. The molecule has 1 unspecified atom stereocenters. The molecule has 3 fully saturated rings. The first-order valence-electron chi connectivity index (χ1n) is 11.3. The molecule has 7 nitrogen and oxygen atoms in total. The Bertz CT molecular complexity index is 982. The van der Waals surface area contributed by atoms with Gasteiger partial charge in [-0.3, -0.25) is 14.6 Å². The number of hydrogen-bond donors (Lipinski definition) is 3. The summed E-state index contributed by atoms with van der Waals surface area (Å²) in [5.74, 6) is -2.12. The summed E-state index contributed by atoms with van der Waals surface area (Å²) in [4.78, 5) is 29.3. The van der Waals surface area contributed by atoms with E-state index in [9.17, 15) is 27.9 Å². The molecule has 2 atom stereocenters. The van der Waals surface area contributed by atoms with E-state index in [0.717, 1.165) is 6.07 Å². The molecule has 3 saturated carbocycles. The molecule has 2 amide bonds. The third kappa shape index (κ3) is 5.17. The highest BCUT2D eigenvalue weighted by Crippen LogP contribution is 2.47. The van der Waals surface area contributed by atoms with E-state index in [0.29, 0.717) is 25.7 Å². The number of alkyl halides is 2. The molecular formula is C23H27ClF3N3O4. The molecule has 1 aromatic rings. The molecule has 0 radical (unpaired) electrons. The molecule has 0 spiro atoms. The summed E-state index contributed by atoms with van der Waals surface area (Å²) in [6.07, 6.45) is -0.640. The van der Waals surface area contributed by atoms with Crippen LogP contribution < -0.4 is 15.4 Å². The predicted octanol–water partition coefficient (Wildman–Crippen LogP) is 3.02. The van der Waals surface area contributed by atoms with Crippen molar-refractivity contribution in [3.8, 4) is 5.75 Å². The number of aliphatic hydroxyl groups excluding tert-OH is 1. The number of nitrogens with one attached hydrogen (secondary N) is 2. The number of aliphatic imine (C=N–C) groups is 1. The Hall–Kier alpha value is -2.33. The molecule has 3 aliphatic carbocycles. The van der Waals surface area contributed by atoms with E-state index >= 15 is 0 Å². The number of nitrogens with zero attached hydrogens (tertiary/aromatic N) is 1. The van der Waals surface area contributed by atoms with Crippen molar-refractivity contribution in [1.82, 2.24) is 10.6 Å². The third-order valence-corrected chi connectivity index (χ3v) is 7.54. The maximum absolute atomic E-state index is 13.5. The Labute approximate surface area is 200 Å². The standard InChI is InChI=1S/C23H27ClF3N3O4/c24-15-3-2-14(9-16(15)25)34-12-19(32)29-23-7-5-22(6-8-23,10-18(23)31)30-21(33)17-4-1-13(11-28-17)20(26)27/h2-3,9,13,18,20,31H,1,4-8,10-12H2,(H,29,32)(H,30,33)/t13?,18-,22?,23?/m0/s1. The summed E-state index contributed by atoms with van der Waals surface area (Å²) < 4.78 is 44.5. The van der Waals surface area contributed by atoms with Crippen molar-refractivity contribution in [2.24, 2.45) is 10.9 Å². The average Bonchev–Trinajstić information content (AvgIpc) is 2.81. The Kier molecular flexibility index (Phi) is 7.09. The lowest BCUT2D eigenvalue weighted by Crippen LogP contribution is -2.70. The minimum atomic E-state index is -2.44. The van der Waals surface area contributed by atoms with Crippen molar-refractivity contribution in [3.05, 3.63) is 29.0 Å². The Morgan fingerprint density at radius 2 is 1.97 bits per heavy atom. The summed E-state index contributed by atoms with van der Waals surface area (Å²) in [5, 5.41) is 16.7. The molecule has 0 aromatic heterocycles. The van der Waals surface area contributed by atoms with Crippen LogP contribution in [0.1, 0.15) is 44.9 Å². The van der Waals surface area contributed by atoms with Crippen LogP contribution in [0.3, 0.4) is 0 Å². The molecule has 3 N–H and O–H groups in total. The molecule has 1 heterocycles. The second-order valence-corrected chi connectivity index (χ2v) is 9.85. The van der Waals surface area contributed by atoms with E-state index in [4.69, 9.17) is 16.3 Å². The van der Waals surface area contributed by atoms with Gasteiger partial charge in [0.05, 0.1) is 22.4 Å². The van der Waals surface area contributed by atoms with Crippen LogP contribution in [0.15, 0.2) is 23.2 Å². The molecule has 4 aliphatic rings. The van der Waals surface area contributed by atoms with E-state index in [1.165, 1.54) is 12.1 Å². The average molecular weight is 502 g/mol. The lowest BCUT2D eigenvalue weighted by atomic mass is 9.59. The van der Waals surface area contributed by atoms with Crippen LogP contribution in [0.4, 0.5) is 13.2 Å². The fourth-order valence-electron chi connectivity index (χ4n) is 5.11. The first-order valence-corrected chi connectivity index (χ1v) is 11.7. The molecular weight excluding hydrogens is 475 g/mol. The van der Waals surface area contributed by atoms with Crippen molar-refractivity contribution >= 4 is 29.1 Å². The Balaban J connectivity index is 1.31. The topological polar surface area (TPSA) is 100 Å². The summed E-state index contributed by atoms with van der Waals surface area (Å²) in [6.45, 7) is -0.410. The van der Waals surface area contributed by atoms with Gasteiger partial charge in [0.2, 0.25) is 6.43 Å². The van der Waals surface area contributed by atoms with Crippen LogP contribution >= 0.6 is 11.6 Å². The quantitative estimate of drug-likeness (QED) is 0.534. The lowest BCUT2D eigenvalue weighted by Gasteiger charge is -2.56. The Morgan fingerprint density at radius 3 is 2.56 bits per heavy atom. The molecule has 34 heavy (non-hydrogen) atoms. The summed E-state index contributed by atoms with van der Waals surface area (Å²) in [5.41, 5.74) is -1.18. The third-order valence-electron chi connectivity index (χ3n) is 7.24. The number of benzene rings is 1. The van der Waals surface area contributed by atoms with E-state index in [1.54, 1.807) is 0 Å². The number of halogens is 4. The van der Waals surface area contributed by atoms with Crippen LogP contribution in [0.5, 0.6) is 5.75 Å². The minimum absolute atomic E-state index is 0.0493. The number of fused-ring (bicyclic) bond motifs is 3. The van der Waals surface area contributed by atoms with Gasteiger partial charge in [0.25, 0.3) is 11.8 Å². The maximum Gasteiger partial charge on any atom is 0.265 e. The second kappa shape index (κ2) is 9.73. The number of rotatable bonds is 7. The molecule has 1 aliphatic heterocycles. The lowest BCUT2D eigenvalue weighted by molar-refractivity contribution is -0.134. The molecule has 186 valence electrons. The van der Waals surface area contributed by atoms with E-state index in [1.807, 2.05) is 0 Å². The van der Waals surface area contributed by atoms with Gasteiger partial charge in [-0.05, 0) is 57.1 Å². The fourth-order valence-corrected chi connectivity index (χ4v) is 5.23. The molecule has 11 heteroatoms. The SMILES string of the molecule is O=C(COc1ccc(Cl)c(F)c1)NC12CCC(NC(=O)C3=NCC(C(F)F)CC3)(CC1)C[C@@H]2O. The van der Waals surface area contributed by atoms with Crippen LogP contribution in [0, 0.1) is 11.7 Å². The zero-order valence-electron chi connectivity index (χ0n) is 18.5. The van der Waals surface area contributed by atoms with E-state index < -0.39 is 41.2 Å². The van der Waals surface area contributed by atoms with Gasteiger partial charge >= 0.3 is 0 Å². The first-order chi connectivity index (χ1) is 16.1. The van der Waals surface area contributed by atoms with Crippen LogP contribution in [-0.4, -0.2) is 59.4 Å². The van der Waals surface area contributed by atoms with Gasteiger partial charge in [-0.2, -0.15) is 0 Å². The van der Waals surface area contributed by atoms with Gasteiger partial charge in [-0.15, -0.1) is 0 Å². The second-order valence-electron chi connectivity index (χ2n) is 9.44. The van der Waals surface area contributed by atoms with Crippen LogP contribution in [0.25, 0.3) is 0 Å². The maximum atomic E-state index is 13.5. The van der Waals surface area contributed by atoms with E-state index in [2.05, 4.69) is 15.6 Å². The van der Waals surface area contributed by atoms with Gasteiger partial charge in [0.1, 0.15) is 11.6 Å². The highest BCUT2D eigenvalue weighted by molar-refractivity contribution is 6.39. The van der Waals surface area contributed by atoms with Crippen molar-refractivity contribution in [1.29, 1.82) is 0 Å². The minimum Gasteiger partial charge on any atom is -0.484 e.